The van der Waals surface area contributed by atoms with Crippen molar-refractivity contribution in [1.82, 2.24) is 14.7 Å². The van der Waals surface area contributed by atoms with Crippen LogP contribution in [0.2, 0.25) is 0 Å². The Hall–Kier alpha value is -0.540. The predicted molar refractivity (Wildman–Crippen MR) is 75.9 cm³/mol. The molecule has 1 atom stereocenters. The summed E-state index contributed by atoms with van der Waals surface area (Å²) < 4.78 is 2.03. The lowest BCUT2D eigenvalue weighted by Crippen LogP contribution is -2.35. The zero-order chi connectivity index (χ0) is 13.0. The molecule has 0 saturated carbocycles. The highest BCUT2D eigenvalue weighted by molar-refractivity contribution is 6.17. The van der Waals surface area contributed by atoms with Gasteiger partial charge >= 0.3 is 0 Å². The summed E-state index contributed by atoms with van der Waals surface area (Å²) in [4.78, 5) is 2.55. The van der Waals surface area contributed by atoms with Crippen molar-refractivity contribution in [3.63, 3.8) is 0 Å². The molecule has 1 aromatic heterocycles. The number of hydrogen-bond acceptors (Lipinski definition) is 2. The number of rotatable bonds is 5. The molecule has 4 heteroatoms. The number of nitrogens with zero attached hydrogens (tertiary/aromatic N) is 3. The third-order valence-corrected chi connectivity index (χ3v) is 4.11. The molecule has 0 spiro atoms. The summed E-state index contributed by atoms with van der Waals surface area (Å²) in [5, 5.41) is 4.52. The Kier molecular flexibility index (Phi) is 5.07. The SMILES string of the molecule is CCc1cc(CN2CCCC(CCCl)C2)n(C)n1. The maximum Gasteiger partial charge on any atom is 0.0625 e. The van der Waals surface area contributed by atoms with Gasteiger partial charge in [-0.1, -0.05) is 6.92 Å². The van der Waals surface area contributed by atoms with Gasteiger partial charge in [-0.3, -0.25) is 9.58 Å². The van der Waals surface area contributed by atoms with E-state index in [2.05, 4.69) is 30.0 Å². The largest absolute Gasteiger partial charge is 0.297 e. The van der Waals surface area contributed by atoms with Gasteiger partial charge in [0.05, 0.1) is 11.4 Å². The van der Waals surface area contributed by atoms with Crippen LogP contribution >= 0.6 is 11.6 Å². The number of hydrogen-bond donors (Lipinski definition) is 0. The van der Waals surface area contributed by atoms with Crippen LogP contribution in [0.1, 0.15) is 37.6 Å². The first-order valence-electron chi connectivity index (χ1n) is 7.03. The molecule has 2 heterocycles. The van der Waals surface area contributed by atoms with Gasteiger partial charge in [0.25, 0.3) is 0 Å². The molecule has 3 nitrogen and oxygen atoms in total. The topological polar surface area (TPSA) is 21.1 Å². The van der Waals surface area contributed by atoms with E-state index in [1.54, 1.807) is 0 Å². The minimum atomic E-state index is 0.787. The first kappa shape index (κ1) is 13.9. The second-order valence-electron chi connectivity index (χ2n) is 5.33. The van der Waals surface area contributed by atoms with Crippen LogP contribution in [0.4, 0.5) is 0 Å². The van der Waals surface area contributed by atoms with Crippen LogP contribution in [0.3, 0.4) is 0 Å². The van der Waals surface area contributed by atoms with Gasteiger partial charge < -0.3 is 0 Å². The molecule has 2 rings (SSSR count). The van der Waals surface area contributed by atoms with Crippen molar-refractivity contribution in [3.05, 3.63) is 17.5 Å². The average Bonchev–Trinajstić information content (AvgIpc) is 2.71. The van der Waals surface area contributed by atoms with Gasteiger partial charge in [-0.25, -0.2) is 0 Å². The molecule has 1 aromatic rings. The molecular weight excluding hydrogens is 246 g/mol. The van der Waals surface area contributed by atoms with Crippen LogP contribution in [-0.4, -0.2) is 33.6 Å². The van der Waals surface area contributed by atoms with E-state index >= 15 is 0 Å². The predicted octanol–water partition coefficient (Wildman–Crippen LogP) is 2.82. The second-order valence-corrected chi connectivity index (χ2v) is 5.70. The Morgan fingerprint density at radius 3 is 3.00 bits per heavy atom. The van der Waals surface area contributed by atoms with E-state index in [0.717, 1.165) is 31.2 Å². The quantitative estimate of drug-likeness (QED) is 0.767. The summed E-state index contributed by atoms with van der Waals surface area (Å²) in [6, 6.07) is 2.24. The summed E-state index contributed by atoms with van der Waals surface area (Å²) in [5.41, 5.74) is 2.53. The molecule has 1 aliphatic rings. The van der Waals surface area contributed by atoms with Crippen molar-refractivity contribution < 1.29 is 0 Å². The van der Waals surface area contributed by atoms with E-state index in [1.807, 2.05) is 4.68 Å². The van der Waals surface area contributed by atoms with E-state index in [0.29, 0.717) is 0 Å². The van der Waals surface area contributed by atoms with E-state index in [1.165, 1.54) is 37.3 Å². The van der Waals surface area contributed by atoms with Crippen molar-refractivity contribution in [1.29, 1.82) is 0 Å². The molecule has 0 aromatic carbocycles. The zero-order valence-electron chi connectivity index (χ0n) is 11.5. The van der Waals surface area contributed by atoms with Gasteiger partial charge in [0.1, 0.15) is 0 Å². The smallest absolute Gasteiger partial charge is 0.0625 e. The van der Waals surface area contributed by atoms with Crippen LogP contribution in [0.25, 0.3) is 0 Å². The number of aromatic nitrogens is 2. The van der Waals surface area contributed by atoms with E-state index in [9.17, 15) is 0 Å². The fourth-order valence-electron chi connectivity index (χ4n) is 2.81. The summed E-state index contributed by atoms with van der Waals surface area (Å²) in [5.74, 6) is 1.58. The van der Waals surface area contributed by atoms with Crippen molar-refractivity contribution >= 4 is 11.6 Å². The lowest BCUT2D eigenvalue weighted by molar-refractivity contribution is 0.162. The summed E-state index contributed by atoms with van der Waals surface area (Å²) in [6.07, 6.45) is 4.82. The molecule has 0 bridgehead atoms. The molecule has 1 saturated heterocycles. The number of alkyl halides is 1. The number of halogens is 1. The molecule has 0 amide bonds. The Morgan fingerprint density at radius 2 is 2.33 bits per heavy atom. The van der Waals surface area contributed by atoms with Crippen LogP contribution in [0.15, 0.2) is 6.07 Å². The van der Waals surface area contributed by atoms with Gasteiger partial charge in [0.2, 0.25) is 0 Å². The van der Waals surface area contributed by atoms with Crippen molar-refractivity contribution in [2.24, 2.45) is 13.0 Å². The van der Waals surface area contributed by atoms with Crippen molar-refractivity contribution in [2.75, 3.05) is 19.0 Å². The molecule has 0 aliphatic carbocycles. The Balaban J connectivity index is 1.93. The minimum Gasteiger partial charge on any atom is -0.297 e. The molecule has 0 radical (unpaired) electrons. The molecular formula is C14H24ClN3. The number of piperidine rings is 1. The van der Waals surface area contributed by atoms with Gasteiger partial charge in [-0.15, -0.1) is 11.6 Å². The highest BCUT2D eigenvalue weighted by Crippen LogP contribution is 2.21. The summed E-state index contributed by atoms with van der Waals surface area (Å²) >= 11 is 5.86. The van der Waals surface area contributed by atoms with Crippen LogP contribution in [0, 0.1) is 5.92 Å². The van der Waals surface area contributed by atoms with Gasteiger partial charge in [0.15, 0.2) is 0 Å². The Labute approximate surface area is 115 Å². The van der Waals surface area contributed by atoms with Crippen LogP contribution in [-0.2, 0) is 20.0 Å². The van der Waals surface area contributed by atoms with E-state index < -0.39 is 0 Å². The fraction of sp³-hybridized carbons (Fsp3) is 0.786. The Morgan fingerprint density at radius 1 is 1.50 bits per heavy atom. The van der Waals surface area contributed by atoms with Gasteiger partial charge in [0, 0.05) is 26.0 Å². The van der Waals surface area contributed by atoms with Crippen LogP contribution in [0.5, 0.6) is 0 Å². The lowest BCUT2D eigenvalue weighted by atomic mass is 9.95. The minimum absolute atomic E-state index is 0.787. The molecule has 1 unspecified atom stereocenters. The first-order chi connectivity index (χ1) is 8.72. The highest BCUT2D eigenvalue weighted by Gasteiger charge is 2.20. The van der Waals surface area contributed by atoms with Crippen LogP contribution < -0.4 is 0 Å². The summed E-state index contributed by atoms with van der Waals surface area (Å²) in [7, 11) is 2.05. The molecule has 1 fully saturated rings. The fourth-order valence-corrected chi connectivity index (χ4v) is 3.11. The molecule has 1 aliphatic heterocycles. The molecule has 0 N–H and O–H groups in total. The number of likely N-dealkylation sites (tertiary alicyclic amines) is 1. The van der Waals surface area contributed by atoms with Gasteiger partial charge in [-0.05, 0) is 44.2 Å². The van der Waals surface area contributed by atoms with E-state index in [-0.39, 0.29) is 0 Å². The standard InChI is InChI=1S/C14H24ClN3/c1-3-13-9-14(17(2)16-13)11-18-8-4-5-12(10-18)6-7-15/h9,12H,3-8,10-11H2,1-2H3. The monoisotopic (exact) mass is 269 g/mol. The maximum atomic E-state index is 5.86. The van der Waals surface area contributed by atoms with E-state index in [4.69, 9.17) is 11.6 Å². The number of aryl methyl sites for hydroxylation is 2. The van der Waals surface area contributed by atoms with Gasteiger partial charge in [-0.2, -0.15) is 5.10 Å². The lowest BCUT2D eigenvalue weighted by Gasteiger charge is -2.32. The average molecular weight is 270 g/mol. The molecule has 102 valence electrons. The normalized spacial score (nSPS) is 21.4. The third-order valence-electron chi connectivity index (χ3n) is 3.90. The Bertz CT molecular complexity index is 373. The third kappa shape index (κ3) is 3.48. The zero-order valence-corrected chi connectivity index (χ0v) is 12.3. The van der Waals surface area contributed by atoms with Crippen molar-refractivity contribution in [3.8, 4) is 0 Å². The van der Waals surface area contributed by atoms with Crippen molar-refractivity contribution in [2.45, 2.75) is 39.2 Å². The summed E-state index contributed by atoms with van der Waals surface area (Å²) in [6.45, 7) is 5.59. The second kappa shape index (κ2) is 6.58. The maximum absolute atomic E-state index is 5.86. The highest BCUT2D eigenvalue weighted by atomic mass is 35.5. The first-order valence-corrected chi connectivity index (χ1v) is 7.56. The molecule has 18 heavy (non-hydrogen) atoms.